The SMILES string of the molecule is O=c1cc(CCl)nc(-c2ccc(Cl)c(Br)c2)[nH]1. The Morgan fingerprint density at radius 2 is 2.12 bits per heavy atom. The first-order valence-corrected chi connectivity index (χ1v) is 6.42. The summed E-state index contributed by atoms with van der Waals surface area (Å²) < 4.78 is 0.746. The minimum absolute atomic E-state index is 0.200. The van der Waals surface area contributed by atoms with E-state index >= 15 is 0 Å². The van der Waals surface area contributed by atoms with Gasteiger partial charge in [0.1, 0.15) is 5.82 Å². The summed E-state index contributed by atoms with van der Waals surface area (Å²) in [7, 11) is 0. The number of rotatable bonds is 2. The van der Waals surface area contributed by atoms with E-state index in [0.29, 0.717) is 16.5 Å². The van der Waals surface area contributed by atoms with Crippen LogP contribution < -0.4 is 5.56 Å². The minimum atomic E-state index is -0.225. The Labute approximate surface area is 116 Å². The van der Waals surface area contributed by atoms with Gasteiger partial charge >= 0.3 is 0 Å². The normalized spacial score (nSPS) is 10.5. The second kappa shape index (κ2) is 5.21. The van der Waals surface area contributed by atoms with Gasteiger partial charge in [-0.3, -0.25) is 4.79 Å². The molecule has 6 heteroatoms. The summed E-state index contributed by atoms with van der Waals surface area (Å²) in [5.74, 6) is 0.677. The molecule has 1 aromatic carbocycles. The van der Waals surface area contributed by atoms with Gasteiger partial charge in [0.25, 0.3) is 5.56 Å². The molecule has 2 aromatic rings. The summed E-state index contributed by atoms with van der Waals surface area (Å²) in [6.45, 7) is 0. The first-order valence-electron chi connectivity index (χ1n) is 4.72. The van der Waals surface area contributed by atoms with Crippen molar-refractivity contribution in [1.29, 1.82) is 0 Å². The van der Waals surface area contributed by atoms with Crippen molar-refractivity contribution in [2.24, 2.45) is 0 Å². The maximum Gasteiger partial charge on any atom is 0.251 e. The number of alkyl halides is 1. The van der Waals surface area contributed by atoms with Crippen LogP contribution in [0.3, 0.4) is 0 Å². The van der Waals surface area contributed by atoms with Crippen LogP contribution in [0.2, 0.25) is 5.02 Å². The monoisotopic (exact) mass is 332 g/mol. The van der Waals surface area contributed by atoms with Crippen LogP contribution in [0, 0.1) is 0 Å². The first kappa shape index (κ1) is 12.6. The number of nitrogens with one attached hydrogen (secondary N) is 1. The lowest BCUT2D eigenvalue weighted by Gasteiger charge is -2.04. The Kier molecular flexibility index (Phi) is 3.86. The number of aromatic amines is 1. The second-order valence-electron chi connectivity index (χ2n) is 3.35. The van der Waals surface area contributed by atoms with E-state index in [0.717, 1.165) is 10.0 Å². The highest BCUT2D eigenvalue weighted by atomic mass is 79.9. The molecule has 1 N–H and O–H groups in total. The Hall–Kier alpha value is -0.840. The summed E-state index contributed by atoms with van der Waals surface area (Å²) in [5, 5.41) is 0.601. The highest BCUT2D eigenvalue weighted by Gasteiger charge is 2.05. The van der Waals surface area contributed by atoms with Crippen LogP contribution in [-0.4, -0.2) is 9.97 Å². The van der Waals surface area contributed by atoms with Gasteiger partial charge in [0.15, 0.2) is 0 Å². The lowest BCUT2D eigenvalue weighted by molar-refractivity contribution is 1.06. The number of aromatic nitrogens is 2. The van der Waals surface area contributed by atoms with E-state index < -0.39 is 0 Å². The Bertz CT molecular complexity index is 613. The number of nitrogens with zero attached hydrogens (tertiary/aromatic N) is 1. The van der Waals surface area contributed by atoms with Crippen molar-refractivity contribution in [3.05, 3.63) is 49.8 Å². The molecule has 1 heterocycles. The number of halogens is 3. The Balaban J connectivity index is 2.55. The van der Waals surface area contributed by atoms with Crippen molar-refractivity contribution in [1.82, 2.24) is 9.97 Å². The highest BCUT2D eigenvalue weighted by Crippen LogP contribution is 2.26. The fourth-order valence-corrected chi connectivity index (χ4v) is 1.99. The molecule has 0 saturated heterocycles. The molecule has 3 nitrogen and oxygen atoms in total. The molecule has 2 rings (SSSR count). The molecule has 0 atom stereocenters. The average molecular weight is 334 g/mol. The van der Waals surface area contributed by atoms with E-state index in [-0.39, 0.29) is 11.4 Å². The highest BCUT2D eigenvalue weighted by molar-refractivity contribution is 9.10. The minimum Gasteiger partial charge on any atom is -0.307 e. The molecule has 17 heavy (non-hydrogen) atoms. The molecule has 0 amide bonds. The fraction of sp³-hybridized carbons (Fsp3) is 0.0909. The zero-order chi connectivity index (χ0) is 12.4. The third kappa shape index (κ3) is 2.89. The number of H-pyrrole nitrogens is 1. The predicted molar refractivity (Wildman–Crippen MR) is 72.6 cm³/mol. The zero-order valence-corrected chi connectivity index (χ0v) is 11.6. The van der Waals surface area contributed by atoms with Crippen molar-refractivity contribution in [3.8, 4) is 11.4 Å². The summed E-state index contributed by atoms with van der Waals surface area (Å²) in [6, 6.07) is 6.68. The van der Waals surface area contributed by atoms with Crippen LogP contribution >= 0.6 is 39.1 Å². The van der Waals surface area contributed by atoms with Crippen LogP contribution in [0.4, 0.5) is 0 Å². The van der Waals surface area contributed by atoms with Gasteiger partial charge in [0.2, 0.25) is 0 Å². The molecule has 88 valence electrons. The standard InChI is InChI=1S/C11H7BrCl2N2O/c12-8-3-6(1-2-9(8)14)11-15-7(5-13)4-10(17)16-11/h1-4H,5H2,(H,15,16,17). The van der Waals surface area contributed by atoms with Crippen molar-refractivity contribution < 1.29 is 0 Å². The lowest BCUT2D eigenvalue weighted by atomic mass is 10.2. The smallest absolute Gasteiger partial charge is 0.251 e. The number of benzene rings is 1. The second-order valence-corrected chi connectivity index (χ2v) is 4.88. The third-order valence-corrected chi connectivity index (χ3v) is 3.61. The van der Waals surface area contributed by atoms with Gasteiger partial charge in [-0.15, -0.1) is 11.6 Å². The van der Waals surface area contributed by atoms with Gasteiger partial charge in [-0.2, -0.15) is 0 Å². The third-order valence-electron chi connectivity index (χ3n) is 2.12. The molecule has 0 spiro atoms. The molecule has 1 aromatic heterocycles. The quantitative estimate of drug-likeness (QED) is 0.853. The van der Waals surface area contributed by atoms with E-state index in [2.05, 4.69) is 25.9 Å². The fourth-order valence-electron chi connectivity index (χ4n) is 1.36. The molecule has 0 radical (unpaired) electrons. The maximum absolute atomic E-state index is 11.4. The largest absolute Gasteiger partial charge is 0.307 e. The van der Waals surface area contributed by atoms with Gasteiger partial charge in [-0.1, -0.05) is 11.6 Å². The van der Waals surface area contributed by atoms with E-state index in [9.17, 15) is 4.79 Å². The average Bonchev–Trinajstić information content (AvgIpc) is 2.32. The van der Waals surface area contributed by atoms with Crippen LogP contribution in [0.25, 0.3) is 11.4 Å². The first-order chi connectivity index (χ1) is 8.10. The van der Waals surface area contributed by atoms with E-state index in [1.807, 2.05) is 0 Å². The van der Waals surface area contributed by atoms with Gasteiger partial charge < -0.3 is 4.98 Å². The van der Waals surface area contributed by atoms with E-state index in [1.165, 1.54) is 6.07 Å². The summed E-state index contributed by atoms with van der Waals surface area (Å²) in [4.78, 5) is 18.3. The summed E-state index contributed by atoms with van der Waals surface area (Å²) >= 11 is 14.9. The molecule has 0 aliphatic rings. The van der Waals surface area contributed by atoms with Crippen molar-refractivity contribution in [2.75, 3.05) is 0 Å². The van der Waals surface area contributed by atoms with Crippen LogP contribution in [0.15, 0.2) is 33.5 Å². The predicted octanol–water partition coefficient (Wildman–Crippen LogP) is 3.59. The molecule has 0 bridgehead atoms. The molecule has 0 aliphatic carbocycles. The molecule has 0 aliphatic heterocycles. The molecular formula is C11H7BrCl2N2O. The topological polar surface area (TPSA) is 45.8 Å². The van der Waals surface area contributed by atoms with Crippen LogP contribution in [0.5, 0.6) is 0 Å². The van der Waals surface area contributed by atoms with Crippen LogP contribution in [0.1, 0.15) is 5.69 Å². The lowest BCUT2D eigenvalue weighted by Crippen LogP contribution is -2.09. The van der Waals surface area contributed by atoms with Gasteiger partial charge in [-0.25, -0.2) is 4.98 Å². The summed E-state index contributed by atoms with van der Waals surface area (Å²) in [6.07, 6.45) is 0. The molecule has 0 fully saturated rings. The van der Waals surface area contributed by atoms with E-state index in [1.54, 1.807) is 18.2 Å². The summed E-state index contributed by atoms with van der Waals surface area (Å²) in [5.41, 5.74) is 1.08. The molecule has 0 saturated carbocycles. The molecular weight excluding hydrogens is 327 g/mol. The van der Waals surface area contributed by atoms with Gasteiger partial charge in [0.05, 0.1) is 16.6 Å². The van der Waals surface area contributed by atoms with Gasteiger partial charge in [0, 0.05) is 16.1 Å². The van der Waals surface area contributed by atoms with Crippen molar-refractivity contribution in [2.45, 2.75) is 5.88 Å². The Morgan fingerprint density at radius 1 is 1.35 bits per heavy atom. The van der Waals surface area contributed by atoms with Crippen molar-refractivity contribution >= 4 is 39.1 Å². The van der Waals surface area contributed by atoms with Gasteiger partial charge in [-0.05, 0) is 34.1 Å². The van der Waals surface area contributed by atoms with Crippen LogP contribution in [-0.2, 0) is 5.88 Å². The number of hydrogen-bond donors (Lipinski definition) is 1. The van der Waals surface area contributed by atoms with Crippen molar-refractivity contribution in [3.63, 3.8) is 0 Å². The van der Waals surface area contributed by atoms with E-state index in [4.69, 9.17) is 23.2 Å². The number of hydrogen-bond acceptors (Lipinski definition) is 2. The Morgan fingerprint density at radius 3 is 2.76 bits per heavy atom. The maximum atomic E-state index is 11.4. The molecule has 0 unspecified atom stereocenters. The zero-order valence-electron chi connectivity index (χ0n) is 8.51.